The summed E-state index contributed by atoms with van der Waals surface area (Å²) in [6.45, 7) is 0. The number of halogens is 1. The second-order valence-corrected chi connectivity index (χ2v) is 8.60. The first kappa shape index (κ1) is 19.9. The smallest absolute Gasteiger partial charge is 0.305 e. The van der Waals surface area contributed by atoms with Crippen LogP contribution in [0.1, 0.15) is 20.9 Å². The molecule has 0 saturated carbocycles. The molecule has 3 rings (SSSR count). The minimum atomic E-state index is -3.69. The quantitative estimate of drug-likeness (QED) is 0.629. The van der Waals surface area contributed by atoms with Crippen molar-refractivity contribution in [3.63, 3.8) is 0 Å². The van der Waals surface area contributed by atoms with Gasteiger partial charge in [-0.1, -0.05) is 17.7 Å². The molecule has 28 heavy (non-hydrogen) atoms. The maximum Gasteiger partial charge on any atom is 0.305 e. The average molecular weight is 422 g/mol. The van der Waals surface area contributed by atoms with Gasteiger partial charge in [-0.3, -0.25) is 20.4 Å². The molecule has 8 nitrogen and oxygen atoms in total. The number of benzene rings is 2. The molecule has 0 aliphatic carbocycles. The fourth-order valence-electron chi connectivity index (χ4n) is 2.38. The minimum Gasteiger partial charge on any atom is -0.451 e. The highest BCUT2D eigenvalue weighted by Crippen LogP contribution is 2.23. The van der Waals surface area contributed by atoms with Gasteiger partial charge in [0.25, 0.3) is 5.91 Å². The van der Waals surface area contributed by atoms with Crippen LogP contribution in [-0.4, -0.2) is 38.6 Å². The van der Waals surface area contributed by atoms with Crippen LogP contribution in [0, 0.1) is 0 Å². The van der Waals surface area contributed by atoms with Crippen molar-refractivity contribution < 1.29 is 22.4 Å². The van der Waals surface area contributed by atoms with Crippen LogP contribution < -0.4 is 10.9 Å². The molecule has 2 aromatic carbocycles. The predicted molar refractivity (Wildman–Crippen MR) is 103 cm³/mol. The SMILES string of the molecule is CN(C)S(=O)(=O)c1cccc(C(=O)NNC(=O)c2cc3cc(Cl)ccc3o2)c1. The van der Waals surface area contributed by atoms with Crippen molar-refractivity contribution in [3.8, 4) is 0 Å². The highest BCUT2D eigenvalue weighted by atomic mass is 35.5. The van der Waals surface area contributed by atoms with Crippen molar-refractivity contribution in [2.24, 2.45) is 0 Å². The first-order valence-electron chi connectivity index (χ1n) is 8.01. The number of rotatable bonds is 4. The molecule has 0 saturated heterocycles. The van der Waals surface area contributed by atoms with Gasteiger partial charge in [0.05, 0.1) is 4.90 Å². The van der Waals surface area contributed by atoms with Crippen LogP contribution in [0.5, 0.6) is 0 Å². The molecule has 2 N–H and O–H groups in total. The van der Waals surface area contributed by atoms with Crippen molar-refractivity contribution in [1.29, 1.82) is 0 Å². The number of amides is 2. The summed E-state index contributed by atoms with van der Waals surface area (Å²) in [6.07, 6.45) is 0. The van der Waals surface area contributed by atoms with Crippen LogP contribution in [0.15, 0.2) is 57.8 Å². The fraction of sp³-hybridized carbons (Fsp3) is 0.111. The standard InChI is InChI=1S/C18H16ClN3O5S/c1-22(2)28(25,26)14-5-3-4-11(9-14)17(23)20-21-18(24)16-10-12-8-13(19)6-7-15(12)27-16/h3-10H,1-2H3,(H,20,23)(H,21,24). The monoisotopic (exact) mass is 421 g/mol. The van der Waals surface area contributed by atoms with Gasteiger partial charge in [-0.2, -0.15) is 0 Å². The first-order chi connectivity index (χ1) is 13.2. The van der Waals surface area contributed by atoms with E-state index in [1.54, 1.807) is 18.2 Å². The molecular weight excluding hydrogens is 406 g/mol. The largest absolute Gasteiger partial charge is 0.451 e. The van der Waals surface area contributed by atoms with E-state index in [9.17, 15) is 18.0 Å². The van der Waals surface area contributed by atoms with Crippen LogP contribution in [0.2, 0.25) is 5.02 Å². The maximum atomic E-state index is 12.3. The van der Waals surface area contributed by atoms with Crippen LogP contribution in [0.4, 0.5) is 0 Å². The van der Waals surface area contributed by atoms with Gasteiger partial charge in [0.2, 0.25) is 10.0 Å². The van der Waals surface area contributed by atoms with E-state index in [0.717, 1.165) is 4.31 Å². The number of nitrogens with zero attached hydrogens (tertiary/aromatic N) is 1. The van der Waals surface area contributed by atoms with Crippen molar-refractivity contribution >= 4 is 44.4 Å². The van der Waals surface area contributed by atoms with Crippen LogP contribution in [0.25, 0.3) is 11.0 Å². The van der Waals surface area contributed by atoms with Gasteiger partial charge in [0.15, 0.2) is 5.76 Å². The molecule has 10 heteroatoms. The van der Waals surface area contributed by atoms with E-state index in [2.05, 4.69) is 10.9 Å². The lowest BCUT2D eigenvalue weighted by Crippen LogP contribution is -2.41. The van der Waals surface area contributed by atoms with E-state index in [4.69, 9.17) is 16.0 Å². The van der Waals surface area contributed by atoms with Crippen molar-refractivity contribution in [2.45, 2.75) is 4.90 Å². The highest BCUT2D eigenvalue weighted by Gasteiger charge is 2.19. The first-order valence-corrected chi connectivity index (χ1v) is 9.82. The number of hydrazine groups is 1. The van der Waals surface area contributed by atoms with Gasteiger partial charge in [0.1, 0.15) is 5.58 Å². The Kier molecular flexibility index (Phi) is 5.41. The van der Waals surface area contributed by atoms with E-state index in [1.165, 1.54) is 44.4 Å². The topological polar surface area (TPSA) is 109 Å². The van der Waals surface area contributed by atoms with Crippen LogP contribution in [-0.2, 0) is 10.0 Å². The number of hydrogen-bond donors (Lipinski definition) is 2. The summed E-state index contributed by atoms with van der Waals surface area (Å²) >= 11 is 5.90. The Morgan fingerprint density at radius 2 is 1.71 bits per heavy atom. The molecule has 0 bridgehead atoms. The van der Waals surface area contributed by atoms with Crippen molar-refractivity contribution in [1.82, 2.24) is 15.2 Å². The molecule has 0 aliphatic heterocycles. The van der Waals surface area contributed by atoms with Gasteiger partial charge in [0, 0.05) is 30.1 Å². The molecule has 0 fully saturated rings. The number of carbonyl (C=O) groups excluding carboxylic acids is 2. The molecule has 0 spiro atoms. The minimum absolute atomic E-state index is 0.0125. The summed E-state index contributed by atoms with van der Waals surface area (Å²) < 4.78 is 30.8. The maximum absolute atomic E-state index is 12.3. The lowest BCUT2D eigenvalue weighted by atomic mass is 10.2. The van der Waals surface area contributed by atoms with E-state index in [-0.39, 0.29) is 16.2 Å². The molecule has 0 atom stereocenters. The van der Waals surface area contributed by atoms with E-state index < -0.39 is 21.8 Å². The molecule has 146 valence electrons. The summed E-state index contributed by atoms with van der Waals surface area (Å²) in [5.74, 6) is -1.36. The van der Waals surface area contributed by atoms with Crippen LogP contribution >= 0.6 is 11.6 Å². The van der Waals surface area contributed by atoms with Crippen LogP contribution in [0.3, 0.4) is 0 Å². The molecule has 2 amide bonds. The Hall–Kier alpha value is -2.88. The van der Waals surface area contributed by atoms with Gasteiger partial charge >= 0.3 is 5.91 Å². The van der Waals surface area contributed by atoms with E-state index >= 15 is 0 Å². The highest BCUT2D eigenvalue weighted by molar-refractivity contribution is 7.89. The Morgan fingerprint density at radius 3 is 2.43 bits per heavy atom. The molecular formula is C18H16ClN3O5S. The van der Waals surface area contributed by atoms with Crippen molar-refractivity contribution in [3.05, 3.63) is 64.9 Å². The number of sulfonamides is 1. The van der Waals surface area contributed by atoms with E-state index in [0.29, 0.717) is 16.0 Å². The third-order valence-corrected chi connectivity index (χ3v) is 5.91. The summed E-state index contributed by atoms with van der Waals surface area (Å²) in [4.78, 5) is 24.4. The van der Waals surface area contributed by atoms with Gasteiger partial charge < -0.3 is 4.42 Å². The molecule has 0 unspecified atom stereocenters. The number of fused-ring (bicyclic) bond motifs is 1. The summed E-state index contributed by atoms with van der Waals surface area (Å²) in [5.41, 5.74) is 5.00. The second-order valence-electron chi connectivity index (χ2n) is 6.02. The third-order valence-electron chi connectivity index (χ3n) is 3.87. The number of furan rings is 1. The fourth-order valence-corrected chi connectivity index (χ4v) is 3.51. The normalized spacial score (nSPS) is 11.6. The number of carbonyl (C=O) groups is 2. The predicted octanol–water partition coefficient (Wildman–Crippen LogP) is 2.41. The van der Waals surface area contributed by atoms with Gasteiger partial charge in [-0.25, -0.2) is 12.7 Å². The summed E-state index contributed by atoms with van der Waals surface area (Å²) in [5, 5.41) is 1.15. The lowest BCUT2D eigenvalue weighted by Gasteiger charge is -2.12. The third kappa shape index (κ3) is 4.01. The Bertz CT molecular complexity index is 1170. The van der Waals surface area contributed by atoms with E-state index in [1.807, 2.05) is 0 Å². The molecule has 0 radical (unpaired) electrons. The molecule has 3 aromatic rings. The second kappa shape index (κ2) is 7.63. The number of hydrogen-bond acceptors (Lipinski definition) is 5. The zero-order valence-corrected chi connectivity index (χ0v) is 16.5. The van der Waals surface area contributed by atoms with Gasteiger partial charge in [-0.15, -0.1) is 0 Å². The number of nitrogens with one attached hydrogen (secondary N) is 2. The Balaban J connectivity index is 1.72. The Morgan fingerprint density at radius 1 is 1.00 bits per heavy atom. The zero-order chi connectivity index (χ0) is 20.5. The molecule has 0 aliphatic rings. The average Bonchev–Trinajstić information content (AvgIpc) is 3.09. The lowest BCUT2D eigenvalue weighted by molar-refractivity contribution is 0.0832. The van der Waals surface area contributed by atoms with Crippen molar-refractivity contribution in [2.75, 3.05) is 14.1 Å². The summed E-state index contributed by atoms with van der Waals surface area (Å²) in [7, 11) is -0.902. The summed E-state index contributed by atoms with van der Waals surface area (Å²) in [6, 6.07) is 11.9. The molecule has 1 aromatic heterocycles. The molecule has 1 heterocycles. The Labute approximate surface area is 166 Å². The van der Waals surface area contributed by atoms with Gasteiger partial charge in [-0.05, 0) is 42.5 Å². The zero-order valence-electron chi connectivity index (χ0n) is 14.9.